The first kappa shape index (κ1) is 15.1. The van der Waals surface area contributed by atoms with Crippen LogP contribution in [0.5, 0.6) is 0 Å². The molecule has 24 heavy (non-hydrogen) atoms. The fraction of sp³-hybridized carbons (Fsp3) is 0.300. The third-order valence-corrected chi connectivity index (χ3v) is 4.93. The van der Waals surface area contributed by atoms with E-state index < -0.39 is 0 Å². The van der Waals surface area contributed by atoms with Crippen molar-refractivity contribution >= 4 is 16.6 Å². The van der Waals surface area contributed by atoms with Crippen LogP contribution < -0.4 is 4.90 Å². The predicted octanol–water partition coefficient (Wildman–Crippen LogP) is 3.26. The molecule has 0 amide bonds. The number of hydrogen-bond acceptors (Lipinski definition) is 4. The standard InChI is InChI=1S/C20H22N4/c1-16-18(5-4-17-3-2-8-22-20(16)17)15-23-11-13-24(14-12-23)19-6-9-21-10-7-19/h2-10H,11-15H2,1H3. The zero-order valence-electron chi connectivity index (χ0n) is 14.0. The van der Waals surface area contributed by atoms with Crippen LogP contribution in [0.2, 0.25) is 0 Å². The third kappa shape index (κ3) is 2.97. The summed E-state index contributed by atoms with van der Waals surface area (Å²) in [5.74, 6) is 0. The summed E-state index contributed by atoms with van der Waals surface area (Å²) < 4.78 is 0. The van der Waals surface area contributed by atoms with E-state index in [1.54, 1.807) is 0 Å². The quantitative estimate of drug-likeness (QED) is 0.742. The van der Waals surface area contributed by atoms with Gasteiger partial charge in [-0.1, -0.05) is 18.2 Å². The molecule has 0 atom stereocenters. The van der Waals surface area contributed by atoms with Crippen LogP contribution in [0.1, 0.15) is 11.1 Å². The SMILES string of the molecule is Cc1c(CN2CCN(c3ccncc3)CC2)ccc2cccnc12. The van der Waals surface area contributed by atoms with E-state index in [0.29, 0.717) is 0 Å². The van der Waals surface area contributed by atoms with E-state index in [9.17, 15) is 0 Å². The molecule has 4 rings (SSSR count). The van der Waals surface area contributed by atoms with Gasteiger partial charge in [0.2, 0.25) is 0 Å². The van der Waals surface area contributed by atoms with Crippen molar-refractivity contribution in [3.05, 3.63) is 66.1 Å². The summed E-state index contributed by atoms with van der Waals surface area (Å²) in [7, 11) is 0. The van der Waals surface area contributed by atoms with Gasteiger partial charge < -0.3 is 4.90 Å². The number of fused-ring (bicyclic) bond motifs is 1. The monoisotopic (exact) mass is 318 g/mol. The normalized spacial score (nSPS) is 15.8. The highest BCUT2D eigenvalue weighted by molar-refractivity contribution is 5.82. The highest BCUT2D eigenvalue weighted by Crippen LogP contribution is 2.22. The lowest BCUT2D eigenvalue weighted by Crippen LogP contribution is -2.46. The molecule has 0 radical (unpaired) electrons. The fourth-order valence-electron chi connectivity index (χ4n) is 3.46. The van der Waals surface area contributed by atoms with Crippen molar-refractivity contribution in [1.82, 2.24) is 14.9 Å². The molecule has 1 saturated heterocycles. The first-order valence-corrected chi connectivity index (χ1v) is 8.52. The Balaban J connectivity index is 1.45. The molecule has 122 valence electrons. The molecular formula is C20H22N4. The maximum absolute atomic E-state index is 4.55. The predicted molar refractivity (Wildman–Crippen MR) is 98.2 cm³/mol. The van der Waals surface area contributed by atoms with E-state index in [1.807, 2.05) is 24.7 Å². The van der Waals surface area contributed by atoms with Gasteiger partial charge >= 0.3 is 0 Å². The topological polar surface area (TPSA) is 32.3 Å². The molecule has 2 aromatic heterocycles. The van der Waals surface area contributed by atoms with E-state index in [-0.39, 0.29) is 0 Å². The molecule has 0 aliphatic carbocycles. The number of aryl methyl sites for hydroxylation is 1. The van der Waals surface area contributed by atoms with Crippen LogP contribution in [0.25, 0.3) is 10.9 Å². The van der Waals surface area contributed by atoms with Gasteiger partial charge in [0.25, 0.3) is 0 Å². The Kier molecular flexibility index (Phi) is 4.13. The molecular weight excluding hydrogens is 296 g/mol. The highest BCUT2D eigenvalue weighted by atomic mass is 15.3. The fourth-order valence-corrected chi connectivity index (χ4v) is 3.46. The van der Waals surface area contributed by atoms with Crippen molar-refractivity contribution < 1.29 is 0 Å². The van der Waals surface area contributed by atoms with Gasteiger partial charge in [-0.15, -0.1) is 0 Å². The second-order valence-electron chi connectivity index (χ2n) is 6.39. The molecule has 1 fully saturated rings. The largest absolute Gasteiger partial charge is 0.369 e. The third-order valence-electron chi connectivity index (χ3n) is 4.93. The second kappa shape index (κ2) is 6.57. The summed E-state index contributed by atoms with van der Waals surface area (Å²) in [5, 5.41) is 1.22. The molecule has 1 aliphatic rings. The van der Waals surface area contributed by atoms with Crippen LogP contribution in [0.4, 0.5) is 5.69 Å². The molecule has 1 aliphatic heterocycles. The first-order valence-electron chi connectivity index (χ1n) is 8.52. The van der Waals surface area contributed by atoms with Crippen LogP contribution in [-0.2, 0) is 6.54 Å². The zero-order chi connectivity index (χ0) is 16.4. The van der Waals surface area contributed by atoms with E-state index in [1.165, 1.54) is 22.2 Å². The van der Waals surface area contributed by atoms with Crippen molar-refractivity contribution in [2.24, 2.45) is 0 Å². The summed E-state index contributed by atoms with van der Waals surface area (Å²) in [6.45, 7) is 7.49. The van der Waals surface area contributed by atoms with Crippen LogP contribution in [0.3, 0.4) is 0 Å². The van der Waals surface area contributed by atoms with Crippen molar-refractivity contribution in [3.8, 4) is 0 Å². The number of pyridine rings is 2. The number of anilines is 1. The number of hydrogen-bond donors (Lipinski definition) is 0. The van der Waals surface area contributed by atoms with Gasteiger partial charge in [-0.2, -0.15) is 0 Å². The molecule has 1 aromatic carbocycles. The molecule has 0 spiro atoms. The van der Waals surface area contributed by atoms with Crippen LogP contribution in [-0.4, -0.2) is 41.0 Å². The summed E-state index contributed by atoms with van der Waals surface area (Å²) >= 11 is 0. The van der Waals surface area contributed by atoms with Gasteiger partial charge in [-0.25, -0.2) is 0 Å². The molecule has 4 nitrogen and oxygen atoms in total. The Morgan fingerprint density at radius 2 is 1.71 bits per heavy atom. The molecule has 4 heteroatoms. The number of piperazine rings is 1. The average molecular weight is 318 g/mol. The second-order valence-corrected chi connectivity index (χ2v) is 6.39. The lowest BCUT2D eigenvalue weighted by Gasteiger charge is -2.36. The van der Waals surface area contributed by atoms with E-state index in [4.69, 9.17) is 0 Å². The minimum atomic E-state index is 1.00. The van der Waals surface area contributed by atoms with E-state index in [0.717, 1.165) is 38.2 Å². The summed E-state index contributed by atoms with van der Waals surface area (Å²) in [6, 6.07) is 12.8. The summed E-state index contributed by atoms with van der Waals surface area (Å²) in [6.07, 6.45) is 5.62. The Hall–Kier alpha value is -2.46. The van der Waals surface area contributed by atoms with Gasteiger partial charge in [0, 0.05) is 62.4 Å². The van der Waals surface area contributed by atoms with Crippen molar-refractivity contribution in [2.75, 3.05) is 31.1 Å². The number of nitrogens with zero attached hydrogens (tertiary/aromatic N) is 4. The smallest absolute Gasteiger partial charge is 0.0734 e. The van der Waals surface area contributed by atoms with Crippen molar-refractivity contribution in [1.29, 1.82) is 0 Å². The zero-order valence-corrected chi connectivity index (χ0v) is 14.0. The number of aromatic nitrogens is 2. The van der Waals surface area contributed by atoms with E-state index in [2.05, 4.69) is 57.0 Å². The molecule has 0 unspecified atom stereocenters. The van der Waals surface area contributed by atoms with Gasteiger partial charge in [0.15, 0.2) is 0 Å². The van der Waals surface area contributed by atoms with Gasteiger partial charge in [-0.3, -0.25) is 14.9 Å². The Labute approximate surface area is 142 Å². The molecule has 3 heterocycles. The minimum absolute atomic E-state index is 1.00. The Morgan fingerprint density at radius 3 is 2.50 bits per heavy atom. The summed E-state index contributed by atoms with van der Waals surface area (Å²) in [4.78, 5) is 13.6. The summed E-state index contributed by atoms with van der Waals surface area (Å²) in [5.41, 5.74) is 5.10. The van der Waals surface area contributed by atoms with Gasteiger partial charge in [0.1, 0.15) is 0 Å². The lowest BCUT2D eigenvalue weighted by molar-refractivity contribution is 0.249. The lowest BCUT2D eigenvalue weighted by atomic mass is 10.0. The van der Waals surface area contributed by atoms with Crippen molar-refractivity contribution in [3.63, 3.8) is 0 Å². The average Bonchev–Trinajstić information content (AvgIpc) is 2.66. The molecule has 3 aromatic rings. The Morgan fingerprint density at radius 1 is 0.917 bits per heavy atom. The minimum Gasteiger partial charge on any atom is -0.369 e. The maximum Gasteiger partial charge on any atom is 0.0734 e. The highest BCUT2D eigenvalue weighted by Gasteiger charge is 2.18. The number of rotatable bonds is 3. The number of benzene rings is 1. The van der Waals surface area contributed by atoms with E-state index >= 15 is 0 Å². The van der Waals surface area contributed by atoms with Crippen molar-refractivity contribution in [2.45, 2.75) is 13.5 Å². The molecule has 0 saturated carbocycles. The van der Waals surface area contributed by atoms with Crippen LogP contribution >= 0.6 is 0 Å². The molecule has 0 N–H and O–H groups in total. The first-order chi connectivity index (χ1) is 11.8. The molecule has 0 bridgehead atoms. The maximum atomic E-state index is 4.55. The van der Waals surface area contributed by atoms with Gasteiger partial charge in [-0.05, 0) is 36.2 Å². The van der Waals surface area contributed by atoms with Gasteiger partial charge in [0.05, 0.1) is 5.52 Å². The van der Waals surface area contributed by atoms with Crippen LogP contribution in [0.15, 0.2) is 55.0 Å². The van der Waals surface area contributed by atoms with Crippen LogP contribution in [0, 0.1) is 6.92 Å². The Bertz CT molecular complexity index is 823.